The Balaban J connectivity index is 1.54. The van der Waals surface area contributed by atoms with Crippen molar-refractivity contribution in [2.24, 2.45) is 0 Å². The van der Waals surface area contributed by atoms with E-state index in [1.807, 2.05) is 0 Å². The molecule has 8 heteroatoms. The SMILES string of the molecule is O=C(C1=C(O)C(=O)N(CCC[NH+]2CCOCC2)[C@H]1c1ccco1)c1ccco1. The van der Waals surface area contributed by atoms with Crippen molar-refractivity contribution in [3.8, 4) is 0 Å². The maximum atomic E-state index is 12.9. The highest BCUT2D eigenvalue weighted by Crippen LogP contribution is 2.39. The van der Waals surface area contributed by atoms with Crippen molar-refractivity contribution in [3.05, 3.63) is 59.6 Å². The van der Waals surface area contributed by atoms with Gasteiger partial charge in [-0.1, -0.05) is 0 Å². The van der Waals surface area contributed by atoms with Gasteiger partial charge in [-0.15, -0.1) is 0 Å². The number of amides is 1. The lowest BCUT2D eigenvalue weighted by Gasteiger charge is -2.27. The minimum Gasteiger partial charge on any atom is -0.503 e. The van der Waals surface area contributed by atoms with Crippen molar-refractivity contribution >= 4 is 11.7 Å². The number of rotatable bonds is 7. The number of Topliss-reactive ketones (excluding diaryl/α,β-unsaturated/α-hetero) is 1. The normalized spacial score (nSPS) is 20.9. The van der Waals surface area contributed by atoms with Gasteiger partial charge >= 0.3 is 0 Å². The van der Waals surface area contributed by atoms with E-state index in [0.717, 1.165) is 39.3 Å². The molecule has 4 heterocycles. The number of quaternary nitrogens is 1. The minimum atomic E-state index is -0.764. The van der Waals surface area contributed by atoms with E-state index < -0.39 is 23.5 Å². The van der Waals surface area contributed by atoms with Crippen LogP contribution < -0.4 is 4.90 Å². The van der Waals surface area contributed by atoms with Crippen LogP contribution in [-0.4, -0.2) is 61.1 Å². The molecule has 2 aliphatic rings. The number of ether oxygens (including phenoxy) is 1. The Morgan fingerprint density at radius 3 is 2.61 bits per heavy atom. The molecular formula is C20H23N2O6+. The lowest BCUT2D eigenvalue weighted by atomic mass is 9.99. The molecular weight excluding hydrogens is 364 g/mol. The number of nitrogens with one attached hydrogen (secondary N) is 1. The zero-order valence-corrected chi connectivity index (χ0v) is 15.4. The number of hydrogen-bond donors (Lipinski definition) is 2. The maximum absolute atomic E-state index is 12.9. The summed E-state index contributed by atoms with van der Waals surface area (Å²) in [5.41, 5.74) is -0.00591. The fraction of sp³-hybridized carbons (Fsp3) is 0.400. The second-order valence-corrected chi connectivity index (χ2v) is 6.95. The van der Waals surface area contributed by atoms with Crippen LogP contribution in [0.3, 0.4) is 0 Å². The van der Waals surface area contributed by atoms with Crippen LogP contribution in [0.15, 0.2) is 57.0 Å². The van der Waals surface area contributed by atoms with Gasteiger partial charge in [0.05, 0.1) is 37.9 Å². The van der Waals surface area contributed by atoms with E-state index >= 15 is 0 Å². The van der Waals surface area contributed by atoms with Crippen LogP contribution in [0.5, 0.6) is 0 Å². The number of carbonyl (C=O) groups excluding carboxylic acids is 2. The van der Waals surface area contributed by atoms with E-state index in [0.29, 0.717) is 12.3 Å². The maximum Gasteiger partial charge on any atom is 0.290 e. The third-order valence-electron chi connectivity index (χ3n) is 5.24. The van der Waals surface area contributed by atoms with Gasteiger partial charge in [-0.2, -0.15) is 0 Å². The van der Waals surface area contributed by atoms with E-state index in [1.165, 1.54) is 28.4 Å². The van der Waals surface area contributed by atoms with Crippen LogP contribution in [0, 0.1) is 0 Å². The number of furan rings is 2. The second kappa shape index (κ2) is 8.04. The first-order valence-corrected chi connectivity index (χ1v) is 9.44. The summed E-state index contributed by atoms with van der Waals surface area (Å²) in [5.74, 6) is -1.11. The predicted octanol–water partition coefficient (Wildman–Crippen LogP) is 0.756. The number of nitrogens with zero attached hydrogens (tertiary/aromatic N) is 1. The summed E-state index contributed by atoms with van der Waals surface area (Å²) >= 11 is 0. The molecule has 2 aromatic heterocycles. The Morgan fingerprint density at radius 2 is 1.93 bits per heavy atom. The molecule has 0 radical (unpaired) electrons. The Labute approximate surface area is 162 Å². The molecule has 28 heavy (non-hydrogen) atoms. The highest BCUT2D eigenvalue weighted by Gasteiger charge is 2.45. The van der Waals surface area contributed by atoms with Crippen molar-refractivity contribution in [2.75, 3.05) is 39.4 Å². The summed E-state index contributed by atoms with van der Waals surface area (Å²) in [4.78, 5) is 28.6. The molecule has 0 saturated carbocycles. The quantitative estimate of drug-likeness (QED) is 0.681. The standard InChI is InChI=1S/C20H22N2O6/c23-18(15-5-2-11-28-15)16-17(14-4-1-10-27-14)22(20(25)19(16)24)7-3-6-21-8-12-26-13-9-21/h1-2,4-5,10-11,17,24H,3,6-9,12-13H2/p+1/t17-/m0/s1. The van der Waals surface area contributed by atoms with Gasteiger partial charge in [-0.05, 0) is 24.3 Å². The molecule has 8 nitrogen and oxygen atoms in total. The molecule has 0 unspecified atom stereocenters. The summed E-state index contributed by atoms with van der Waals surface area (Å²) < 4.78 is 16.0. The smallest absolute Gasteiger partial charge is 0.290 e. The van der Waals surface area contributed by atoms with Gasteiger partial charge in [-0.25, -0.2) is 0 Å². The average molecular weight is 387 g/mol. The van der Waals surface area contributed by atoms with E-state index in [2.05, 4.69) is 0 Å². The number of morpholine rings is 1. The zero-order valence-electron chi connectivity index (χ0n) is 15.4. The van der Waals surface area contributed by atoms with Crippen LogP contribution >= 0.6 is 0 Å². The molecule has 1 fully saturated rings. The van der Waals surface area contributed by atoms with Crippen LogP contribution in [0.4, 0.5) is 0 Å². The van der Waals surface area contributed by atoms with Crippen LogP contribution in [0.25, 0.3) is 0 Å². The van der Waals surface area contributed by atoms with Gasteiger partial charge in [0.1, 0.15) is 24.9 Å². The molecule has 4 rings (SSSR count). The summed E-state index contributed by atoms with van der Waals surface area (Å²) in [5, 5.41) is 10.5. The second-order valence-electron chi connectivity index (χ2n) is 6.95. The molecule has 2 aliphatic heterocycles. The van der Waals surface area contributed by atoms with Gasteiger partial charge in [-0.3, -0.25) is 9.59 Å². The Bertz CT molecular complexity index is 849. The summed E-state index contributed by atoms with van der Waals surface area (Å²) in [6.45, 7) is 4.69. The average Bonchev–Trinajstić information content (AvgIpc) is 3.46. The fourth-order valence-corrected chi connectivity index (χ4v) is 3.81. The van der Waals surface area contributed by atoms with E-state index in [1.54, 1.807) is 18.2 Å². The lowest BCUT2D eigenvalue weighted by molar-refractivity contribution is -0.908. The molecule has 1 amide bonds. The third kappa shape index (κ3) is 3.48. The fourth-order valence-electron chi connectivity index (χ4n) is 3.81. The molecule has 2 aromatic rings. The number of ketones is 1. The molecule has 2 N–H and O–H groups in total. The van der Waals surface area contributed by atoms with Gasteiger partial charge < -0.3 is 28.5 Å². The van der Waals surface area contributed by atoms with E-state index in [9.17, 15) is 14.7 Å². The van der Waals surface area contributed by atoms with E-state index in [4.69, 9.17) is 13.6 Å². The first-order chi connectivity index (χ1) is 13.7. The molecule has 0 aromatic carbocycles. The number of carbonyl (C=O) groups is 2. The summed E-state index contributed by atoms with van der Waals surface area (Å²) in [6.07, 6.45) is 3.61. The molecule has 0 aliphatic carbocycles. The third-order valence-corrected chi connectivity index (χ3v) is 5.24. The van der Waals surface area contributed by atoms with Crippen molar-refractivity contribution < 1.29 is 33.2 Å². The summed E-state index contributed by atoms with van der Waals surface area (Å²) in [7, 11) is 0. The van der Waals surface area contributed by atoms with Crippen LogP contribution in [0.2, 0.25) is 0 Å². The molecule has 1 atom stereocenters. The predicted molar refractivity (Wildman–Crippen MR) is 96.9 cm³/mol. The monoisotopic (exact) mass is 387 g/mol. The Kier molecular flexibility index (Phi) is 5.31. The minimum absolute atomic E-state index is 0.00591. The van der Waals surface area contributed by atoms with Crippen molar-refractivity contribution in [1.82, 2.24) is 4.90 Å². The number of aliphatic hydroxyl groups is 1. The van der Waals surface area contributed by atoms with E-state index in [-0.39, 0.29) is 11.3 Å². The van der Waals surface area contributed by atoms with Gasteiger partial charge in [0.25, 0.3) is 5.91 Å². The Hall–Kier alpha value is -2.84. The van der Waals surface area contributed by atoms with Crippen LogP contribution in [-0.2, 0) is 9.53 Å². The molecule has 1 saturated heterocycles. The lowest BCUT2D eigenvalue weighted by Crippen LogP contribution is -3.14. The number of hydrogen-bond acceptors (Lipinski definition) is 6. The van der Waals surface area contributed by atoms with Gasteiger partial charge in [0, 0.05) is 13.0 Å². The van der Waals surface area contributed by atoms with Crippen molar-refractivity contribution in [1.29, 1.82) is 0 Å². The molecule has 0 bridgehead atoms. The highest BCUT2D eigenvalue weighted by atomic mass is 16.5. The van der Waals surface area contributed by atoms with Crippen molar-refractivity contribution in [2.45, 2.75) is 12.5 Å². The molecule has 0 spiro atoms. The molecule has 148 valence electrons. The summed E-state index contributed by atoms with van der Waals surface area (Å²) in [6, 6.07) is 5.73. The van der Waals surface area contributed by atoms with Crippen molar-refractivity contribution in [3.63, 3.8) is 0 Å². The Morgan fingerprint density at radius 1 is 1.18 bits per heavy atom. The topological polar surface area (TPSA) is 97.6 Å². The van der Waals surface area contributed by atoms with Gasteiger partial charge in [0.2, 0.25) is 5.78 Å². The first kappa shape index (κ1) is 18.5. The number of aliphatic hydroxyl groups excluding tert-OH is 1. The zero-order chi connectivity index (χ0) is 19.5. The highest BCUT2D eigenvalue weighted by molar-refractivity contribution is 6.14. The largest absolute Gasteiger partial charge is 0.503 e. The first-order valence-electron chi connectivity index (χ1n) is 9.44. The van der Waals surface area contributed by atoms with Gasteiger partial charge in [0.15, 0.2) is 11.5 Å². The van der Waals surface area contributed by atoms with Crippen LogP contribution in [0.1, 0.15) is 28.8 Å².